The number of amides is 1. The average Bonchev–Trinajstić information content (AvgIpc) is 3.23. The van der Waals surface area contributed by atoms with Crippen LogP contribution in [-0.2, 0) is 4.79 Å². The van der Waals surface area contributed by atoms with Gasteiger partial charge in [0, 0.05) is 6.04 Å². The molecule has 21 heavy (non-hydrogen) atoms. The van der Waals surface area contributed by atoms with E-state index in [2.05, 4.69) is 5.32 Å². The summed E-state index contributed by atoms with van der Waals surface area (Å²) in [6.45, 7) is 0. The van der Waals surface area contributed by atoms with Gasteiger partial charge in [-0.2, -0.15) is 4.39 Å². The van der Waals surface area contributed by atoms with E-state index in [1.165, 1.54) is 0 Å². The van der Waals surface area contributed by atoms with Crippen molar-refractivity contribution >= 4 is 11.9 Å². The van der Waals surface area contributed by atoms with Crippen molar-refractivity contribution in [1.82, 2.24) is 5.32 Å². The number of benzene rings is 1. The Labute approximate surface area is 117 Å². The van der Waals surface area contributed by atoms with Crippen molar-refractivity contribution in [3.05, 3.63) is 29.1 Å². The van der Waals surface area contributed by atoms with Gasteiger partial charge in [0.15, 0.2) is 17.4 Å². The summed E-state index contributed by atoms with van der Waals surface area (Å²) in [6.07, 6.45) is 1.10. The molecule has 1 aliphatic rings. The number of carbonyl (C=O) groups excluding carboxylic acids is 1. The van der Waals surface area contributed by atoms with Gasteiger partial charge in [0.05, 0.1) is 12.0 Å². The van der Waals surface area contributed by atoms with Crippen molar-refractivity contribution in [2.24, 2.45) is 5.92 Å². The molecule has 1 aromatic carbocycles. The lowest BCUT2D eigenvalue weighted by atomic mass is 10.1. The largest absolute Gasteiger partial charge is 0.503 e. The summed E-state index contributed by atoms with van der Waals surface area (Å²) in [5.41, 5.74) is -0.873. The maximum Gasteiger partial charge on any atom is 0.305 e. The van der Waals surface area contributed by atoms with E-state index in [0.717, 1.165) is 12.8 Å². The minimum atomic E-state index is -1.78. The van der Waals surface area contributed by atoms with E-state index < -0.39 is 46.7 Å². The van der Waals surface area contributed by atoms with Crippen LogP contribution in [0.1, 0.15) is 29.6 Å². The number of rotatable bonds is 5. The smallest absolute Gasteiger partial charge is 0.305 e. The first kappa shape index (κ1) is 15.1. The minimum Gasteiger partial charge on any atom is -0.503 e. The number of nitrogens with one attached hydrogen (secondary N) is 1. The number of aromatic hydroxyl groups is 1. The zero-order valence-electron chi connectivity index (χ0n) is 10.7. The first-order chi connectivity index (χ1) is 9.81. The molecule has 0 radical (unpaired) electrons. The van der Waals surface area contributed by atoms with E-state index in [9.17, 15) is 22.8 Å². The van der Waals surface area contributed by atoms with Gasteiger partial charge in [0.2, 0.25) is 5.82 Å². The molecule has 1 aromatic rings. The maximum absolute atomic E-state index is 13.6. The molecule has 1 atom stereocenters. The number of halogens is 3. The Hall–Kier alpha value is -2.25. The Morgan fingerprint density at radius 1 is 1.29 bits per heavy atom. The predicted molar refractivity (Wildman–Crippen MR) is 64.2 cm³/mol. The van der Waals surface area contributed by atoms with Gasteiger partial charge in [-0.25, -0.2) is 8.78 Å². The second-order valence-corrected chi connectivity index (χ2v) is 4.90. The van der Waals surface area contributed by atoms with Gasteiger partial charge in [0.1, 0.15) is 0 Å². The summed E-state index contributed by atoms with van der Waals surface area (Å²) in [5, 5.41) is 20.1. The lowest BCUT2D eigenvalue weighted by Crippen LogP contribution is -2.38. The molecule has 0 bridgehead atoms. The minimum absolute atomic E-state index is 0.0352. The zero-order valence-corrected chi connectivity index (χ0v) is 10.7. The molecular weight excluding hydrogens is 291 g/mol. The quantitative estimate of drug-likeness (QED) is 0.724. The Morgan fingerprint density at radius 2 is 1.90 bits per heavy atom. The van der Waals surface area contributed by atoms with Gasteiger partial charge < -0.3 is 15.5 Å². The van der Waals surface area contributed by atoms with Gasteiger partial charge in [-0.1, -0.05) is 0 Å². The molecule has 1 amide bonds. The highest BCUT2D eigenvalue weighted by atomic mass is 19.2. The number of carbonyl (C=O) groups is 2. The summed E-state index contributed by atoms with van der Waals surface area (Å²) in [5.74, 6) is -8.79. The molecule has 0 heterocycles. The monoisotopic (exact) mass is 303 g/mol. The van der Waals surface area contributed by atoms with Crippen LogP contribution in [0.5, 0.6) is 5.75 Å². The van der Waals surface area contributed by atoms with Crippen LogP contribution in [-0.4, -0.2) is 28.1 Å². The van der Waals surface area contributed by atoms with E-state index in [0.29, 0.717) is 6.07 Å². The van der Waals surface area contributed by atoms with Crippen molar-refractivity contribution in [3.63, 3.8) is 0 Å². The molecule has 0 spiro atoms. The summed E-state index contributed by atoms with van der Waals surface area (Å²) in [4.78, 5) is 22.6. The van der Waals surface area contributed by atoms with Crippen LogP contribution >= 0.6 is 0 Å². The fourth-order valence-corrected chi connectivity index (χ4v) is 2.02. The number of carboxylic acids is 1. The van der Waals surface area contributed by atoms with E-state index >= 15 is 0 Å². The van der Waals surface area contributed by atoms with Crippen molar-refractivity contribution in [3.8, 4) is 5.75 Å². The van der Waals surface area contributed by atoms with Crippen molar-refractivity contribution in [2.75, 3.05) is 0 Å². The Kier molecular flexibility index (Phi) is 4.06. The molecule has 1 aliphatic carbocycles. The average molecular weight is 303 g/mol. The molecule has 0 saturated heterocycles. The van der Waals surface area contributed by atoms with Crippen LogP contribution in [0, 0.1) is 23.4 Å². The Morgan fingerprint density at radius 3 is 2.43 bits per heavy atom. The van der Waals surface area contributed by atoms with Crippen molar-refractivity contribution in [2.45, 2.75) is 25.3 Å². The number of hydrogen-bond donors (Lipinski definition) is 3. The molecule has 3 N–H and O–H groups in total. The predicted octanol–water partition coefficient (Wildman–Crippen LogP) is 1.79. The lowest BCUT2D eigenvalue weighted by molar-refractivity contribution is -0.137. The summed E-state index contributed by atoms with van der Waals surface area (Å²) < 4.78 is 39.6. The molecule has 1 fully saturated rings. The van der Waals surface area contributed by atoms with Crippen molar-refractivity contribution < 1.29 is 33.0 Å². The second kappa shape index (κ2) is 5.63. The molecule has 5 nitrogen and oxygen atoms in total. The highest BCUT2D eigenvalue weighted by molar-refractivity contribution is 5.95. The van der Waals surface area contributed by atoms with Gasteiger partial charge in [0.25, 0.3) is 5.91 Å². The highest BCUT2D eigenvalue weighted by Crippen LogP contribution is 2.34. The second-order valence-electron chi connectivity index (χ2n) is 4.90. The van der Waals surface area contributed by atoms with Crippen LogP contribution in [0.25, 0.3) is 0 Å². The molecule has 8 heteroatoms. The van der Waals surface area contributed by atoms with E-state index in [1.54, 1.807) is 0 Å². The SMILES string of the molecule is O=C(O)CC(NC(=O)c1cc(F)c(F)c(O)c1F)C1CC1. The Bertz CT molecular complexity index is 602. The number of phenols is 1. The van der Waals surface area contributed by atoms with E-state index in [-0.39, 0.29) is 12.3 Å². The molecule has 1 unspecified atom stereocenters. The number of carboxylic acid groups (broad SMARTS) is 1. The van der Waals surface area contributed by atoms with Gasteiger partial charge >= 0.3 is 5.97 Å². The molecule has 114 valence electrons. The molecule has 0 aromatic heterocycles. The number of hydrogen-bond acceptors (Lipinski definition) is 3. The number of phenolic OH excluding ortho intramolecular Hbond substituents is 1. The van der Waals surface area contributed by atoms with E-state index in [4.69, 9.17) is 10.2 Å². The van der Waals surface area contributed by atoms with E-state index in [1.807, 2.05) is 0 Å². The van der Waals surface area contributed by atoms with Gasteiger partial charge in [-0.3, -0.25) is 9.59 Å². The normalized spacial score (nSPS) is 15.6. The Balaban J connectivity index is 2.21. The van der Waals surface area contributed by atoms with Gasteiger partial charge in [-0.05, 0) is 24.8 Å². The fraction of sp³-hybridized carbons (Fsp3) is 0.385. The van der Waals surface area contributed by atoms with Gasteiger partial charge in [-0.15, -0.1) is 0 Å². The van der Waals surface area contributed by atoms with Crippen LogP contribution in [0.4, 0.5) is 13.2 Å². The first-order valence-electron chi connectivity index (χ1n) is 6.20. The highest BCUT2D eigenvalue weighted by Gasteiger charge is 2.34. The van der Waals surface area contributed by atoms with Crippen molar-refractivity contribution in [1.29, 1.82) is 0 Å². The maximum atomic E-state index is 13.6. The molecular formula is C13H12F3NO4. The van der Waals surface area contributed by atoms with Crippen LogP contribution in [0.2, 0.25) is 0 Å². The molecule has 2 rings (SSSR count). The third-order valence-electron chi connectivity index (χ3n) is 3.28. The first-order valence-corrected chi connectivity index (χ1v) is 6.20. The third kappa shape index (κ3) is 3.26. The standard InChI is InChI=1S/C13H12F3NO4/c14-7-3-6(10(15)12(20)11(7)16)13(21)17-8(4-9(18)19)5-1-2-5/h3,5,8,20H,1-2,4H2,(H,17,21)(H,18,19). The lowest BCUT2D eigenvalue weighted by Gasteiger charge is -2.16. The molecule has 0 aliphatic heterocycles. The van der Waals surface area contributed by atoms with Crippen LogP contribution < -0.4 is 5.32 Å². The molecule has 1 saturated carbocycles. The van der Waals surface area contributed by atoms with Crippen LogP contribution in [0.3, 0.4) is 0 Å². The summed E-state index contributed by atoms with van der Waals surface area (Å²) >= 11 is 0. The topological polar surface area (TPSA) is 86.6 Å². The van der Waals surface area contributed by atoms with Crippen LogP contribution in [0.15, 0.2) is 6.07 Å². The number of aliphatic carboxylic acids is 1. The fourth-order valence-electron chi connectivity index (χ4n) is 2.02. The summed E-state index contributed by atoms with van der Waals surface area (Å²) in [7, 11) is 0. The summed E-state index contributed by atoms with van der Waals surface area (Å²) in [6, 6.07) is -0.394. The third-order valence-corrected chi connectivity index (χ3v) is 3.28. The zero-order chi connectivity index (χ0) is 15.7.